The minimum absolute atomic E-state index is 0.0624. The fourth-order valence-corrected chi connectivity index (χ4v) is 6.77. The maximum Gasteiger partial charge on any atom is 0.240 e. The Morgan fingerprint density at radius 1 is 0.931 bits per heavy atom. The van der Waals surface area contributed by atoms with Crippen LogP contribution in [-0.4, -0.2) is 59.2 Å². The van der Waals surface area contributed by atoms with E-state index in [4.69, 9.17) is 0 Å². The number of hydrogen-bond donors (Lipinski definition) is 1. The largest absolute Gasteiger partial charge is 0.353 e. The Hall–Kier alpha value is -1.69. The van der Waals surface area contributed by atoms with Gasteiger partial charge in [-0.05, 0) is 57.0 Å². The molecule has 5 aliphatic rings. The van der Waals surface area contributed by atoms with Crippen molar-refractivity contribution in [3.8, 4) is 0 Å². The average Bonchev–Trinajstić information content (AvgIpc) is 3.44. The molecule has 4 fully saturated rings. The number of hydrogen-bond acceptors (Lipinski definition) is 4. The Balaban J connectivity index is 1.21. The second-order valence-corrected chi connectivity index (χ2v) is 9.87. The Bertz CT molecular complexity index is 691. The lowest BCUT2D eigenvalue weighted by atomic mass is 9.79. The van der Waals surface area contributed by atoms with Crippen LogP contribution in [0.2, 0.25) is 0 Å². The zero-order valence-electron chi connectivity index (χ0n) is 17.3. The number of nitrogens with one attached hydrogen (secondary N) is 1. The molecule has 2 heterocycles. The number of carbonyl (C=O) groups excluding carboxylic acids is 3. The minimum atomic E-state index is -0.219. The van der Waals surface area contributed by atoms with Crippen LogP contribution < -0.4 is 5.32 Å². The molecule has 2 saturated heterocycles. The highest BCUT2D eigenvalue weighted by molar-refractivity contribution is 6.08. The standard InChI is InChI=1S/C23H33N3O3/c27-18(14-26-21(28)19-16-7-8-17(13-16)20(19)22(26)29)24-15-23(9-3-1-4-10-23)25-11-5-2-6-12-25/h7-8,16-17,19-20H,1-6,9-15H2,(H,24,27)/t16-,17-,19+,20+/m1/s1. The maximum atomic E-state index is 12.8. The fourth-order valence-electron chi connectivity index (χ4n) is 6.77. The number of rotatable bonds is 5. The highest BCUT2D eigenvalue weighted by atomic mass is 16.2. The third-order valence-electron chi connectivity index (χ3n) is 8.29. The summed E-state index contributed by atoms with van der Waals surface area (Å²) in [6, 6.07) is 0. The molecule has 0 aromatic carbocycles. The van der Waals surface area contributed by atoms with E-state index >= 15 is 0 Å². The van der Waals surface area contributed by atoms with Gasteiger partial charge in [0.15, 0.2) is 0 Å². The molecule has 0 radical (unpaired) electrons. The molecule has 5 rings (SSSR count). The molecule has 0 aromatic heterocycles. The van der Waals surface area contributed by atoms with Crippen LogP contribution in [0.15, 0.2) is 12.2 Å². The lowest BCUT2D eigenvalue weighted by Crippen LogP contribution is -2.58. The van der Waals surface area contributed by atoms with E-state index < -0.39 is 0 Å². The van der Waals surface area contributed by atoms with Crippen molar-refractivity contribution < 1.29 is 14.4 Å². The van der Waals surface area contributed by atoms with Crippen LogP contribution in [-0.2, 0) is 14.4 Å². The topological polar surface area (TPSA) is 69.7 Å². The normalized spacial score (nSPS) is 35.9. The van der Waals surface area contributed by atoms with Crippen LogP contribution in [0.3, 0.4) is 0 Å². The van der Waals surface area contributed by atoms with Gasteiger partial charge in [0.25, 0.3) is 0 Å². The molecule has 4 atom stereocenters. The van der Waals surface area contributed by atoms with Gasteiger partial charge in [-0.3, -0.25) is 24.2 Å². The molecule has 6 heteroatoms. The summed E-state index contributed by atoms with van der Waals surface area (Å²) in [5.41, 5.74) is 0.0624. The van der Waals surface area contributed by atoms with E-state index in [0.29, 0.717) is 6.54 Å². The van der Waals surface area contributed by atoms with Crippen LogP contribution in [0.25, 0.3) is 0 Å². The van der Waals surface area contributed by atoms with Gasteiger partial charge in [-0.15, -0.1) is 0 Å². The summed E-state index contributed by atoms with van der Waals surface area (Å²) in [4.78, 5) is 42.3. The van der Waals surface area contributed by atoms with Crippen molar-refractivity contribution >= 4 is 17.7 Å². The van der Waals surface area contributed by atoms with Crippen LogP contribution in [0, 0.1) is 23.7 Å². The minimum Gasteiger partial charge on any atom is -0.353 e. The summed E-state index contributed by atoms with van der Waals surface area (Å²) >= 11 is 0. The third kappa shape index (κ3) is 3.24. The van der Waals surface area contributed by atoms with Crippen LogP contribution in [0.1, 0.15) is 57.8 Å². The van der Waals surface area contributed by atoms with Crippen LogP contribution >= 0.6 is 0 Å². The van der Waals surface area contributed by atoms with Crippen molar-refractivity contribution in [2.75, 3.05) is 26.2 Å². The molecule has 3 aliphatic carbocycles. The highest BCUT2D eigenvalue weighted by Gasteiger charge is 2.59. The van der Waals surface area contributed by atoms with Gasteiger partial charge in [-0.2, -0.15) is 0 Å². The molecular formula is C23H33N3O3. The van der Waals surface area contributed by atoms with E-state index in [0.717, 1.165) is 32.4 Å². The molecular weight excluding hydrogens is 366 g/mol. The van der Waals surface area contributed by atoms with Gasteiger partial charge in [0.2, 0.25) is 17.7 Å². The first-order valence-corrected chi connectivity index (χ1v) is 11.6. The number of carbonyl (C=O) groups is 3. The summed E-state index contributed by atoms with van der Waals surface area (Å²) in [6.07, 6.45) is 14.9. The van der Waals surface area contributed by atoms with Gasteiger partial charge >= 0.3 is 0 Å². The molecule has 29 heavy (non-hydrogen) atoms. The fraction of sp³-hybridized carbons (Fsp3) is 0.783. The monoisotopic (exact) mass is 399 g/mol. The van der Waals surface area contributed by atoms with Crippen LogP contribution in [0.4, 0.5) is 0 Å². The van der Waals surface area contributed by atoms with Gasteiger partial charge in [-0.1, -0.05) is 37.8 Å². The number of imide groups is 1. The van der Waals surface area contributed by atoms with E-state index in [1.54, 1.807) is 0 Å². The number of allylic oxidation sites excluding steroid dienone is 2. The summed E-state index contributed by atoms with van der Waals surface area (Å²) in [5, 5.41) is 3.12. The quantitative estimate of drug-likeness (QED) is 0.568. The SMILES string of the molecule is O=C(CN1C(=O)[C@@H]2[C@@H](C1=O)[C@@H]1C=C[C@@H]2C1)NCC1(N2CCCCC2)CCCCC1. The maximum absolute atomic E-state index is 12.8. The Morgan fingerprint density at radius 3 is 2.14 bits per heavy atom. The number of amides is 3. The van der Waals surface area contributed by atoms with Crippen LogP contribution in [0.5, 0.6) is 0 Å². The van der Waals surface area contributed by atoms with E-state index in [1.165, 1.54) is 43.4 Å². The number of nitrogens with zero attached hydrogens (tertiary/aromatic N) is 2. The Labute approximate surface area is 173 Å². The summed E-state index contributed by atoms with van der Waals surface area (Å²) in [6.45, 7) is 2.78. The molecule has 0 unspecified atom stereocenters. The summed E-state index contributed by atoms with van der Waals surface area (Å²) in [7, 11) is 0. The number of likely N-dealkylation sites (tertiary alicyclic amines) is 2. The molecule has 2 saturated carbocycles. The predicted molar refractivity (Wildman–Crippen MR) is 109 cm³/mol. The Kier molecular flexibility index (Phi) is 5.01. The molecule has 2 bridgehead atoms. The first-order chi connectivity index (χ1) is 14.1. The summed E-state index contributed by atoms with van der Waals surface area (Å²) < 4.78 is 0. The van der Waals surface area contributed by atoms with E-state index in [-0.39, 0.29) is 53.5 Å². The molecule has 0 aromatic rings. The van der Waals surface area contributed by atoms with Gasteiger partial charge in [0, 0.05) is 12.1 Å². The van der Waals surface area contributed by atoms with E-state index in [1.807, 2.05) is 0 Å². The second-order valence-electron chi connectivity index (χ2n) is 9.87. The van der Waals surface area contributed by atoms with Crippen molar-refractivity contribution in [1.29, 1.82) is 0 Å². The number of fused-ring (bicyclic) bond motifs is 5. The van der Waals surface area contributed by atoms with E-state index in [9.17, 15) is 14.4 Å². The molecule has 3 amide bonds. The average molecular weight is 400 g/mol. The van der Waals surface area contributed by atoms with Gasteiger partial charge < -0.3 is 5.32 Å². The van der Waals surface area contributed by atoms with Crippen molar-refractivity contribution in [3.05, 3.63) is 12.2 Å². The lowest BCUT2D eigenvalue weighted by Gasteiger charge is -2.48. The van der Waals surface area contributed by atoms with Crippen molar-refractivity contribution in [2.24, 2.45) is 23.7 Å². The first kappa shape index (κ1) is 19.3. The van der Waals surface area contributed by atoms with Gasteiger partial charge in [0.1, 0.15) is 6.54 Å². The van der Waals surface area contributed by atoms with Crippen molar-refractivity contribution in [2.45, 2.75) is 63.3 Å². The smallest absolute Gasteiger partial charge is 0.240 e. The van der Waals surface area contributed by atoms with E-state index in [2.05, 4.69) is 22.4 Å². The first-order valence-electron chi connectivity index (χ1n) is 11.6. The molecule has 0 spiro atoms. The summed E-state index contributed by atoms with van der Waals surface area (Å²) in [5.74, 6) is -0.496. The van der Waals surface area contributed by atoms with Gasteiger partial charge in [0.05, 0.1) is 11.8 Å². The number of piperidine rings is 1. The zero-order chi connectivity index (χ0) is 20.0. The zero-order valence-corrected chi connectivity index (χ0v) is 17.3. The van der Waals surface area contributed by atoms with Crippen molar-refractivity contribution in [1.82, 2.24) is 15.1 Å². The third-order valence-corrected chi connectivity index (χ3v) is 8.29. The second kappa shape index (κ2) is 7.53. The lowest BCUT2D eigenvalue weighted by molar-refractivity contribution is -0.144. The highest BCUT2D eigenvalue weighted by Crippen LogP contribution is 2.52. The molecule has 6 nitrogen and oxygen atoms in total. The Morgan fingerprint density at radius 2 is 1.52 bits per heavy atom. The van der Waals surface area contributed by atoms with Gasteiger partial charge in [-0.25, -0.2) is 0 Å². The molecule has 1 N–H and O–H groups in total. The predicted octanol–water partition coefficient (Wildman–Crippen LogP) is 2.10. The molecule has 158 valence electrons. The molecule has 2 aliphatic heterocycles. The van der Waals surface area contributed by atoms with Crippen molar-refractivity contribution in [3.63, 3.8) is 0 Å².